The van der Waals surface area contributed by atoms with Crippen molar-refractivity contribution in [3.63, 3.8) is 0 Å². The third-order valence-electron chi connectivity index (χ3n) is 7.77. The fraction of sp³-hybridized carbons (Fsp3) is 0.708. The maximum atomic E-state index is 13.7. The van der Waals surface area contributed by atoms with Gasteiger partial charge in [0.1, 0.15) is 12.4 Å². The van der Waals surface area contributed by atoms with Crippen LogP contribution in [0.4, 0.5) is 37.7 Å². The van der Waals surface area contributed by atoms with E-state index in [9.17, 15) is 31.4 Å². The van der Waals surface area contributed by atoms with Gasteiger partial charge in [-0.25, -0.2) is 4.85 Å². The number of ether oxygens (including phenoxy) is 1. The second-order valence-electron chi connectivity index (χ2n) is 10.9. The number of nitrogens with one attached hydrogen (secondary N) is 2. The number of hydrogen-bond acceptors (Lipinski definition) is 4. The lowest BCUT2D eigenvalue weighted by Crippen LogP contribution is -2.78. The van der Waals surface area contributed by atoms with Gasteiger partial charge in [-0.15, -0.1) is 0 Å². The molecule has 3 N–H and O–H groups in total. The van der Waals surface area contributed by atoms with Crippen LogP contribution < -0.4 is 15.4 Å². The Balaban J connectivity index is 1.49. The van der Waals surface area contributed by atoms with Crippen LogP contribution in [0.1, 0.15) is 58.4 Å². The van der Waals surface area contributed by atoms with Crippen molar-refractivity contribution >= 4 is 11.4 Å². The molecule has 4 fully saturated rings. The molecule has 0 aromatic heterocycles. The first-order chi connectivity index (χ1) is 16.0. The molecule has 11 heteroatoms. The van der Waals surface area contributed by atoms with Gasteiger partial charge in [-0.05, 0) is 65.0 Å². The second kappa shape index (κ2) is 8.17. The third kappa shape index (κ3) is 4.33. The van der Waals surface area contributed by atoms with E-state index in [2.05, 4.69) is 15.5 Å². The summed E-state index contributed by atoms with van der Waals surface area (Å²) in [5.41, 5.74) is -5.31. The van der Waals surface area contributed by atoms with Crippen molar-refractivity contribution in [3.8, 4) is 5.75 Å². The highest BCUT2D eigenvalue weighted by molar-refractivity contribution is 5.76. The minimum atomic E-state index is -4.72. The van der Waals surface area contributed by atoms with Gasteiger partial charge in [-0.1, -0.05) is 0 Å². The quantitative estimate of drug-likeness (QED) is 0.325. The van der Waals surface area contributed by atoms with Crippen LogP contribution >= 0.6 is 0 Å². The molecule has 1 saturated heterocycles. The lowest BCUT2D eigenvalue weighted by Gasteiger charge is -2.76. The Morgan fingerprint density at radius 2 is 1.80 bits per heavy atom. The minimum absolute atomic E-state index is 0.0894. The van der Waals surface area contributed by atoms with Crippen LogP contribution in [0.2, 0.25) is 0 Å². The molecule has 1 aromatic carbocycles. The van der Waals surface area contributed by atoms with E-state index in [1.807, 2.05) is 6.92 Å². The van der Waals surface area contributed by atoms with Crippen LogP contribution in [0, 0.1) is 17.4 Å². The summed E-state index contributed by atoms with van der Waals surface area (Å²) in [7, 11) is 0. The Labute approximate surface area is 200 Å². The van der Waals surface area contributed by atoms with Gasteiger partial charge in [-0.2, -0.15) is 26.3 Å². The third-order valence-corrected chi connectivity index (χ3v) is 7.77. The van der Waals surface area contributed by atoms with Crippen molar-refractivity contribution in [2.24, 2.45) is 10.8 Å². The summed E-state index contributed by atoms with van der Waals surface area (Å²) in [6.07, 6.45) is -8.82. The predicted molar refractivity (Wildman–Crippen MR) is 117 cm³/mol. The van der Waals surface area contributed by atoms with Crippen molar-refractivity contribution in [1.82, 2.24) is 5.32 Å². The fourth-order valence-electron chi connectivity index (χ4n) is 6.27. The van der Waals surface area contributed by atoms with Gasteiger partial charge in [0.05, 0.1) is 28.8 Å². The van der Waals surface area contributed by atoms with Crippen LogP contribution in [-0.4, -0.2) is 41.6 Å². The molecule has 1 aliphatic heterocycles. The van der Waals surface area contributed by atoms with Gasteiger partial charge in [0.2, 0.25) is 5.69 Å². The topological polar surface area (TPSA) is 57.9 Å². The smallest absolute Gasteiger partial charge is 0.417 e. The van der Waals surface area contributed by atoms with E-state index in [-0.39, 0.29) is 61.5 Å². The number of anilines is 1. The molecule has 0 radical (unpaired) electrons. The zero-order chi connectivity index (χ0) is 26.0. The Hall–Kier alpha value is -2.19. The predicted octanol–water partition coefficient (Wildman–Crippen LogP) is 6.06. The summed E-state index contributed by atoms with van der Waals surface area (Å²) in [6.45, 7) is 12.4. The van der Waals surface area contributed by atoms with Crippen LogP contribution in [-0.2, 0) is 6.18 Å². The molecular weight excluding hydrogens is 476 g/mol. The van der Waals surface area contributed by atoms with Gasteiger partial charge in [0.15, 0.2) is 0 Å². The normalized spacial score (nSPS) is 34.6. The van der Waals surface area contributed by atoms with Gasteiger partial charge in [0, 0.05) is 23.5 Å². The van der Waals surface area contributed by atoms with Crippen LogP contribution in [0.5, 0.6) is 5.75 Å². The number of benzene rings is 1. The molecule has 5 rings (SSSR count). The van der Waals surface area contributed by atoms with Crippen LogP contribution in [0.3, 0.4) is 0 Å². The molecule has 4 aliphatic rings. The molecule has 0 amide bonds. The first kappa shape index (κ1) is 25.9. The Morgan fingerprint density at radius 3 is 2.31 bits per heavy atom. The molecule has 3 aliphatic carbocycles. The van der Waals surface area contributed by atoms with E-state index in [1.54, 1.807) is 13.8 Å². The molecular formula is C24H29F6N3O2. The maximum Gasteiger partial charge on any atom is 0.417 e. The molecule has 35 heavy (non-hydrogen) atoms. The van der Waals surface area contributed by atoms with Gasteiger partial charge < -0.3 is 20.5 Å². The van der Waals surface area contributed by atoms with Crippen molar-refractivity contribution in [3.05, 3.63) is 29.1 Å². The fourth-order valence-corrected chi connectivity index (χ4v) is 6.27. The van der Waals surface area contributed by atoms with E-state index in [4.69, 9.17) is 11.3 Å². The average molecular weight is 506 g/mol. The minimum Gasteiger partial charge on any atom is -0.493 e. The van der Waals surface area contributed by atoms with Crippen molar-refractivity contribution in [1.29, 1.82) is 0 Å². The average Bonchev–Trinajstić information content (AvgIpc) is 2.61. The van der Waals surface area contributed by atoms with E-state index < -0.39 is 40.4 Å². The van der Waals surface area contributed by atoms with E-state index in [0.29, 0.717) is 6.42 Å². The highest BCUT2D eigenvalue weighted by atomic mass is 19.4. The van der Waals surface area contributed by atoms with E-state index in [1.165, 1.54) is 6.07 Å². The number of rotatable bonds is 6. The largest absolute Gasteiger partial charge is 0.493 e. The molecule has 3 saturated carbocycles. The summed E-state index contributed by atoms with van der Waals surface area (Å²) < 4.78 is 86.7. The lowest BCUT2D eigenvalue weighted by molar-refractivity contribution is -0.403. The lowest BCUT2D eigenvalue weighted by atomic mass is 9.29. The number of hydrogen-bond donors (Lipinski definition) is 3. The van der Waals surface area contributed by atoms with Gasteiger partial charge in [0.25, 0.3) is 0 Å². The van der Waals surface area contributed by atoms with Gasteiger partial charge in [-0.3, -0.25) is 0 Å². The molecule has 0 spiro atoms. The number of halogens is 6. The van der Waals surface area contributed by atoms with E-state index >= 15 is 0 Å². The first-order valence-corrected chi connectivity index (χ1v) is 11.6. The molecule has 5 nitrogen and oxygen atoms in total. The van der Waals surface area contributed by atoms with Crippen LogP contribution in [0.25, 0.3) is 4.85 Å². The molecule has 0 unspecified atom stereocenters. The second-order valence-corrected chi connectivity index (χ2v) is 10.9. The molecule has 3 atom stereocenters. The van der Waals surface area contributed by atoms with E-state index in [0.717, 1.165) is 6.07 Å². The van der Waals surface area contributed by atoms with Crippen molar-refractivity contribution < 1.29 is 36.2 Å². The summed E-state index contributed by atoms with van der Waals surface area (Å²) >= 11 is 0. The molecule has 1 heterocycles. The Morgan fingerprint density at radius 1 is 1.17 bits per heavy atom. The molecule has 194 valence electrons. The number of alkyl halides is 6. The standard InChI is InChI=1S/C24H29F6N3O2/c1-13(2)32-19-17(23(25,26)27)5-16(6-18(19)31-4)35-9-15-8-22(34,7-14(3)33-15)20-10-21(11-20,12-20)24(28,29)30/h5-6,13-15,32-34H,7-12H2,1-3H3/t14-,15-,20?,21?,22-/m0/s1. The Bertz CT molecular complexity index is 1010. The van der Waals surface area contributed by atoms with Crippen molar-refractivity contribution in [2.45, 2.75) is 89.0 Å². The summed E-state index contributed by atoms with van der Waals surface area (Å²) in [5.74, 6) is -0.136. The first-order valence-electron chi connectivity index (χ1n) is 11.6. The number of aliphatic hydroxyl groups is 1. The monoisotopic (exact) mass is 505 g/mol. The number of piperidine rings is 1. The highest BCUT2D eigenvalue weighted by Gasteiger charge is 2.83. The van der Waals surface area contributed by atoms with Crippen LogP contribution in [0.15, 0.2) is 12.1 Å². The number of nitrogens with zero attached hydrogens (tertiary/aromatic N) is 1. The summed E-state index contributed by atoms with van der Waals surface area (Å²) in [4.78, 5) is 3.23. The maximum absolute atomic E-state index is 13.7. The summed E-state index contributed by atoms with van der Waals surface area (Å²) in [5, 5.41) is 17.3. The van der Waals surface area contributed by atoms with Crippen molar-refractivity contribution in [2.75, 3.05) is 11.9 Å². The SMILES string of the molecule is [C-]#[N+]c1cc(OC[C@@H]2C[C@](O)(C34CC(C(F)(F)F)(C3)C4)C[C@H](C)N2)cc(C(F)(F)F)c1NC(C)C. The zero-order valence-corrected chi connectivity index (χ0v) is 19.7. The molecule has 2 bridgehead atoms. The van der Waals surface area contributed by atoms with Gasteiger partial charge >= 0.3 is 12.4 Å². The zero-order valence-electron chi connectivity index (χ0n) is 19.7. The molecule has 1 aromatic rings. The highest BCUT2D eigenvalue weighted by Crippen LogP contribution is 2.82. The Kier molecular flexibility index (Phi) is 6.04. The summed E-state index contributed by atoms with van der Waals surface area (Å²) in [6, 6.07) is 1.06.